The van der Waals surface area contributed by atoms with E-state index >= 15 is 0 Å². The SMILES string of the molecule is C=C(C)C(=O)OC.O=S(=O)([O-])C=Cc1ccccc1.[Na+]. The summed E-state index contributed by atoms with van der Waals surface area (Å²) in [6.07, 6.45) is 1.27. The van der Waals surface area contributed by atoms with Gasteiger partial charge in [-0.15, -0.1) is 0 Å². The number of carbonyl (C=O) groups is 1. The van der Waals surface area contributed by atoms with Gasteiger partial charge in [0.15, 0.2) is 0 Å². The zero-order valence-corrected chi connectivity index (χ0v) is 14.5. The summed E-state index contributed by atoms with van der Waals surface area (Å²) < 4.78 is 34.8. The summed E-state index contributed by atoms with van der Waals surface area (Å²) in [5, 5.41) is 0.641. The molecule has 0 radical (unpaired) electrons. The van der Waals surface area contributed by atoms with Crippen molar-refractivity contribution in [3.63, 3.8) is 0 Å². The summed E-state index contributed by atoms with van der Waals surface area (Å²) >= 11 is 0. The first kappa shape index (κ1) is 21.4. The monoisotopic (exact) mass is 306 g/mol. The number of hydrogen-bond acceptors (Lipinski definition) is 5. The Labute approximate surface area is 141 Å². The van der Waals surface area contributed by atoms with Crippen LogP contribution < -0.4 is 29.6 Å². The zero-order chi connectivity index (χ0) is 14.9. The second-order valence-corrected chi connectivity index (χ2v) is 4.74. The Bertz CT molecular complexity index is 549. The van der Waals surface area contributed by atoms with Gasteiger partial charge in [0, 0.05) is 11.0 Å². The molecule has 104 valence electrons. The van der Waals surface area contributed by atoms with E-state index in [4.69, 9.17) is 0 Å². The number of carbonyl (C=O) groups excluding carboxylic acids is 1. The summed E-state index contributed by atoms with van der Waals surface area (Å²) in [5.41, 5.74) is 1.12. The van der Waals surface area contributed by atoms with Gasteiger partial charge in [0.25, 0.3) is 0 Å². The van der Waals surface area contributed by atoms with Crippen molar-refractivity contribution in [2.45, 2.75) is 6.92 Å². The maximum absolute atomic E-state index is 10.2. The van der Waals surface area contributed by atoms with Crippen LogP contribution >= 0.6 is 0 Å². The minimum Gasteiger partial charge on any atom is -0.744 e. The Morgan fingerprint density at radius 2 is 1.80 bits per heavy atom. The molecule has 7 heteroatoms. The van der Waals surface area contributed by atoms with Gasteiger partial charge in [-0.1, -0.05) is 36.9 Å². The molecule has 0 saturated heterocycles. The molecule has 1 rings (SSSR count). The van der Waals surface area contributed by atoms with Crippen LogP contribution in [0.25, 0.3) is 6.08 Å². The number of rotatable bonds is 3. The van der Waals surface area contributed by atoms with Crippen LogP contribution in [0.1, 0.15) is 12.5 Å². The first-order chi connectivity index (χ1) is 8.76. The molecule has 1 aromatic rings. The van der Waals surface area contributed by atoms with Gasteiger partial charge in [-0.05, 0) is 18.6 Å². The van der Waals surface area contributed by atoms with Crippen molar-refractivity contribution < 1.29 is 52.1 Å². The molecule has 0 unspecified atom stereocenters. The maximum atomic E-state index is 10.2. The van der Waals surface area contributed by atoms with Gasteiger partial charge in [0.05, 0.1) is 7.11 Å². The third kappa shape index (κ3) is 12.1. The molecule has 0 aliphatic rings. The van der Waals surface area contributed by atoms with E-state index in [-0.39, 0.29) is 35.5 Å². The van der Waals surface area contributed by atoms with Crippen molar-refractivity contribution in [3.05, 3.63) is 53.5 Å². The standard InChI is InChI=1S/C8H8O3S.C5H8O2.Na/c9-12(10,11)7-6-8-4-2-1-3-5-8;1-4(2)5(6)7-3;/h1-7H,(H,9,10,11);1H2,2-3H3;/q;;+1/p-1. The van der Waals surface area contributed by atoms with Crippen LogP contribution in [0.4, 0.5) is 0 Å². The predicted molar refractivity (Wildman–Crippen MR) is 72.0 cm³/mol. The molecule has 0 aliphatic heterocycles. The van der Waals surface area contributed by atoms with Crippen LogP contribution in [0.5, 0.6) is 0 Å². The van der Waals surface area contributed by atoms with Crippen LogP contribution in [-0.4, -0.2) is 26.0 Å². The summed E-state index contributed by atoms with van der Waals surface area (Å²) in [6, 6.07) is 8.75. The molecule has 0 spiro atoms. The summed E-state index contributed by atoms with van der Waals surface area (Å²) in [7, 11) is -2.92. The van der Waals surface area contributed by atoms with Gasteiger partial charge >= 0.3 is 35.5 Å². The van der Waals surface area contributed by atoms with Crippen molar-refractivity contribution in [3.8, 4) is 0 Å². The molecule has 0 atom stereocenters. The number of esters is 1. The van der Waals surface area contributed by atoms with Gasteiger partial charge in [0.2, 0.25) is 0 Å². The second kappa shape index (κ2) is 10.8. The fraction of sp³-hybridized carbons (Fsp3) is 0.154. The Kier molecular flexibility index (Phi) is 11.6. The average Bonchev–Trinajstić information content (AvgIpc) is 2.36. The summed E-state index contributed by atoms with van der Waals surface area (Å²) in [5.74, 6) is -0.347. The molecule has 1 aromatic carbocycles. The van der Waals surface area contributed by atoms with Gasteiger partial charge in [-0.3, -0.25) is 0 Å². The normalized spacial score (nSPS) is 9.95. The quantitative estimate of drug-likeness (QED) is 0.308. The third-order valence-electron chi connectivity index (χ3n) is 1.76. The van der Waals surface area contributed by atoms with E-state index in [1.807, 2.05) is 6.07 Å². The van der Waals surface area contributed by atoms with E-state index < -0.39 is 10.1 Å². The van der Waals surface area contributed by atoms with Crippen molar-refractivity contribution in [1.29, 1.82) is 0 Å². The second-order valence-electron chi connectivity index (χ2n) is 3.48. The van der Waals surface area contributed by atoms with Gasteiger partial charge in [0.1, 0.15) is 10.1 Å². The Morgan fingerprint density at radius 1 is 1.30 bits per heavy atom. The molecule has 0 N–H and O–H groups in total. The number of ether oxygens (including phenoxy) is 1. The van der Waals surface area contributed by atoms with E-state index in [1.165, 1.54) is 13.2 Å². The molecule has 0 heterocycles. The van der Waals surface area contributed by atoms with Crippen LogP contribution in [0.3, 0.4) is 0 Å². The molecule has 0 amide bonds. The predicted octanol–water partition coefficient (Wildman–Crippen LogP) is -1.06. The van der Waals surface area contributed by atoms with E-state index in [1.54, 1.807) is 31.2 Å². The number of methoxy groups -OCH3 is 1. The molecule has 0 aliphatic carbocycles. The first-order valence-corrected chi connectivity index (χ1v) is 6.66. The fourth-order valence-corrected chi connectivity index (χ4v) is 1.22. The first-order valence-electron chi connectivity index (χ1n) is 5.19. The van der Waals surface area contributed by atoms with Crippen LogP contribution in [0, 0.1) is 0 Å². The molecular weight excluding hydrogens is 291 g/mol. The molecule has 0 bridgehead atoms. The molecule has 0 aromatic heterocycles. The average molecular weight is 306 g/mol. The van der Waals surface area contributed by atoms with Crippen molar-refractivity contribution in [2.24, 2.45) is 0 Å². The van der Waals surface area contributed by atoms with Gasteiger partial charge < -0.3 is 9.29 Å². The fourth-order valence-electron chi connectivity index (χ4n) is 0.900. The van der Waals surface area contributed by atoms with Crippen LogP contribution in [0.2, 0.25) is 0 Å². The van der Waals surface area contributed by atoms with Gasteiger partial charge in [-0.25, -0.2) is 13.2 Å². The topological polar surface area (TPSA) is 83.5 Å². The van der Waals surface area contributed by atoms with Crippen molar-refractivity contribution >= 4 is 22.2 Å². The van der Waals surface area contributed by atoms with Crippen LogP contribution in [-0.2, 0) is 19.6 Å². The Hall–Kier alpha value is -0.920. The molecule has 0 saturated carbocycles. The number of benzene rings is 1. The third-order valence-corrected chi connectivity index (χ3v) is 2.23. The van der Waals surface area contributed by atoms with Gasteiger partial charge in [-0.2, -0.15) is 0 Å². The Morgan fingerprint density at radius 3 is 2.10 bits per heavy atom. The minimum atomic E-state index is -4.25. The molecule has 5 nitrogen and oxygen atoms in total. The molecule has 0 fully saturated rings. The zero-order valence-electron chi connectivity index (χ0n) is 11.7. The summed E-state index contributed by atoms with van der Waals surface area (Å²) in [4.78, 5) is 10.2. The van der Waals surface area contributed by atoms with E-state index in [0.29, 0.717) is 16.5 Å². The smallest absolute Gasteiger partial charge is 0.744 e. The maximum Gasteiger partial charge on any atom is 1.00 e. The number of hydrogen-bond donors (Lipinski definition) is 0. The van der Waals surface area contributed by atoms with Crippen LogP contribution in [0.15, 0.2) is 47.9 Å². The molecule has 20 heavy (non-hydrogen) atoms. The Balaban J connectivity index is 0. The molecular formula is C13H15NaO5S. The van der Waals surface area contributed by atoms with Crippen molar-refractivity contribution in [2.75, 3.05) is 7.11 Å². The van der Waals surface area contributed by atoms with E-state index in [2.05, 4.69) is 11.3 Å². The van der Waals surface area contributed by atoms with Crippen molar-refractivity contribution in [1.82, 2.24) is 0 Å². The van der Waals surface area contributed by atoms with E-state index in [9.17, 15) is 17.8 Å². The summed E-state index contributed by atoms with van der Waals surface area (Å²) in [6.45, 7) is 4.95. The van der Waals surface area contributed by atoms with E-state index in [0.717, 1.165) is 0 Å². The minimum absolute atomic E-state index is 0. The largest absolute Gasteiger partial charge is 1.00 e.